The highest BCUT2D eigenvalue weighted by molar-refractivity contribution is 5.33. The molecule has 0 saturated carbocycles. The van der Waals surface area contributed by atoms with E-state index < -0.39 is 0 Å². The van der Waals surface area contributed by atoms with Crippen LogP contribution in [0.25, 0.3) is 0 Å². The van der Waals surface area contributed by atoms with Crippen LogP contribution in [0.15, 0.2) is 30.3 Å². The predicted octanol–water partition coefficient (Wildman–Crippen LogP) is 4.16. The summed E-state index contributed by atoms with van der Waals surface area (Å²) in [5, 5.41) is 0. The molecule has 91 valence electrons. The van der Waals surface area contributed by atoms with Gasteiger partial charge in [-0.3, -0.25) is 0 Å². The van der Waals surface area contributed by atoms with Crippen LogP contribution in [0.3, 0.4) is 0 Å². The summed E-state index contributed by atoms with van der Waals surface area (Å²) in [5.41, 5.74) is 1.22. The van der Waals surface area contributed by atoms with E-state index in [-0.39, 0.29) is 5.92 Å². The van der Waals surface area contributed by atoms with Gasteiger partial charge in [0.2, 0.25) is 0 Å². The highest BCUT2D eigenvalue weighted by atomic mass is 16.5. The first-order valence-electron chi connectivity index (χ1n) is 6.26. The molecule has 1 radical (unpaired) electrons. The Morgan fingerprint density at radius 2 is 1.94 bits per heavy atom. The van der Waals surface area contributed by atoms with Crippen LogP contribution in [-0.4, -0.2) is 7.11 Å². The van der Waals surface area contributed by atoms with Gasteiger partial charge >= 0.3 is 0 Å². The summed E-state index contributed by atoms with van der Waals surface area (Å²) in [5.74, 6) is 6.59. The van der Waals surface area contributed by atoms with E-state index in [2.05, 4.69) is 50.0 Å². The average Bonchev–Trinajstić information content (AvgIpc) is 2.39. The van der Waals surface area contributed by atoms with Crippen molar-refractivity contribution in [3.05, 3.63) is 42.0 Å². The first-order chi connectivity index (χ1) is 8.33. The lowest BCUT2D eigenvalue weighted by atomic mass is 9.91. The molecule has 0 bridgehead atoms. The van der Waals surface area contributed by atoms with E-state index in [4.69, 9.17) is 4.74 Å². The van der Waals surface area contributed by atoms with E-state index in [1.165, 1.54) is 5.56 Å². The zero-order valence-corrected chi connectivity index (χ0v) is 11.0. The minimum Gasteiger partial charge on any atom is -0.374 e. The maximum absolute atomic E-state index is 5.52. The predicted molar refractivity (Wildman–Crippen MR) is 72.4 cm³/mol. The number of ether oxygens (including phenoxy) is 1. The van der Waals surface area contributed by atoms with Gasteiger partial charge in [0, 0.05) is 13.5 Å². The third-order valence-electron chi connectivity index (χ3n) is 2.64. The van der Waals surface area contributed by atoms with Crippen molar-refractivity contribution in [1.82, 2.24) is 0 Å². The summed E-state index contributed by atoms with van der Waals surface area (Å²) in [6, 6.07) is 10.4. The van der Waals surface area contributed by atoms with E-state index in [0.29, 0.717) is 0 Å². The van der Waals surface area contributed by atoms with Crippen molar-refractivity contribution < 1.29 is 4.74 Å². The van der Waals surface area contributed by atoms with Gasteiger partial charge in [0.05, 0.1) is 5.92 Å². The van der Waals surface area contributed by atoms with Gasteiger partial charge < -0.3 is 4.74 Å². The molecule has 1 atom stereocenters. The standard InChI is InChI=1S/C16H21O/c1-4-6-13-15(16(17-3)10-5-2)14-11-8-7-9-12-14/h7-9,11-12,15H,4-5,10H2,1-3H3. The summed E-state index contributed by atoms with van der Waals surface area (Å²) in [4.78, 5) is 0. The van der Waals surface area contributed by atoms with Crippen LogP contribution >= 0.6 is 0 Å². The molecule has 0 aliphatic carbocycles. The molecular formula is C16H21O. The van der Waals surface area contributed by atoms with Crippen LogP contribution in [0.2, 0.25) is 0 Å². The number of benzene rings is 1. The molecule has 0 N–H and O–H groups in total. The summed E-state index contributed by atoms with van der Waals surface area (Å²) in [6.07, 6.45) is 4.00. The van der Waals surface area contributed by atoms with Gasteiger partial charge in [-0.2, -0.15) is 0 Å². The van der Waals surface area contributed by atoms with Crippen molar-refractivity contribution in [3.8, 4) is 11.8 Å². The molecule has 1 aromatic carbocycles. The number of hydrogen-bond acceptors (Lipinski definition) is 1. The molecule has 0 aliphatic heterocycles. The molecule has 0 aliphatic rings. The summed E-state index contributed by atoms with van der Waals surface area (Å²) in [7, 11) is 1.74. The lowest BCUT2D eigenvalue weighted by molar-refractivity contribution is 0.182. The summed E-state index contributed by atoms with van der Waals surface area (Å²) in [6.45, 7) is 4.23. The third kappa shape index (κ3) is 4.24. The normalized spacial score (nSPS) is 12.0. The molecule has 0 spiro atoms. The maximum atomic E-state index is 5.52. The molecule has 1 aromatic rings. The molecule has 1 unspecified atom stereocenters. The molecule has 0 saturated heterocycles. The molecule has 1 nitrogen and oxygen atoms in total. The van der Waals surface area contributed by atoms with Crippen LogP contribution in [0, 0.1) is 17.9 Å². The van der Waals surface area contributed by atoms with Crippen LogP contribution in [0.1, 0.15) is 44.6 Å². The van der Waals surface area contributed by atoms with Crippen molar-refractivity contribution >= 4 is 0 Å². The molecule has 17 heavy (non-hydrogen) atoms. The molecule has 0 heterocycles. The van der Waals surface area contributed by atoms with Crippen molar-refractivity contribution in [2.75, 3.05) is 7.11 Å². The van der Waals surface area contributed by atoms with Crippen molar-refractivity contribution in [3.63, 3.8) is 0 Å². The molecular weight excluding hydrogens is 208 g/mol. The van der Waals surface area contributed by atoms with Crippen LogP contribution < -0.4 is 0 Å². The Hall–Kier alpha value is -1.26. The number of methoxy groups -OCH3 is 1. The molecule has 0 fully saturated rings. The van der Waals surface area contributed by atoms with E-state index in [0.717, 1.165) is 25.4 Å². The highest BCUT2D eigenvalue weighted by Gasteiger charge is 2.21. The average molecular weight is 229 g/mol. The molecule has 0 amide bonds. The fraction of sp³-hybridized carbons (Fsp3) is 0.438. The lowest BCUT2D eigenvalue weighted by Crippen LogP contribution is -2.11. The fourth-order valence-corrected chi connectivity index (χ4v) is 1.81. The van der Waals surface area contributed by atoms with Crippen molar-refractivity contribution in [2.24, 2.45) is 0 Å². The topological polar surface area (TPSA) is 9.23 Å². The molecule has 0 aromatic heterocycles. The van der Waals surface area contributed by atoms with Crippen LogP contribution in [0.4, 0.5) is 0 Å². The van der Waals surface area contributed by atoms with Gasteiger partial charge in [-0.15, -0.1) is 5.92 Å². The van der Waals surface area contributed by atoms with E-state index >= 15 is 0 Å². The second kappa shape index (κ2) is 7.92. The van der Waals surface area contributed by atoms with E-state index in [1.54, 1.807) is 7.11 Å². The number of hydrogen-bond donors (Lipinski definition) is 0. The van der Waals surface area contributed by atoms with Gasteiger partial charge in [0.1, 0.15) is 6.10 Å². The summed E-state index contributed by atoms with van der Waals surface area (Å²) >= 11 is 0. The van der Waals surface area contributed by atoms with E-state index in [1.807, 2.05) is 6.07 Å². The third-order valence-corrected chi connectivity index (χ3v) is 2.64. The number of rotatable bonds is 5. The zero-order chi connectivity index (χ0) is 12.5. The van der Waals surface area contributed by atoms with Crippen molar-refractivity contribution in [1.29, 1.82) is 0 Å². The minimum absolute atomic E-state index is 0.112. The van der Waals surface area contributed by atoms with E-state index in [9.17, 15) is 0 Å². The SMILES string of the molecule is CCC#CC([C](CCC)OC)c1ccccc1. The Balaban J connectivity index is 2.94. The Morgan fingerprint density at radius 1 is 1.24 bits per heavy atom. The second-order valence-electron chi connectivity index (χ2n) is 3.94. The Kier molecular flexibility index (Phi) is 6.43. The first kappa shape index (κ1) is 13.8. The summed E-state index contributed by atoms with van der Waals surface area (Å²) < 4.78 is 5.52. The van der Waals surface area contributed by atoms with Crippen LogP contribution in [-0.2, 0) is 4.74 Å². The van der Waals surface area contributed by atoms with Gasteiger partial charge in [-0.25, -0.2) is 0 Å². The molecule has 1 heteroatoms. The second-order valence-corrected chi connectivity index (χ2v) is 3.94. The largest absolute Gasteiger partial charge is 0.374 e. The Morgan fingerprint density at radius 3 is 2.47 bits per heavy atom. The van der Waals surface area contributed by atoms with Gasteiger partial charge in [-0.05, 0) is 12.0 Å². The van der Waals surface area contributed by atoms with Gasteiger partial charge in [0.15, 0.2) is 0 Å². The van der Waals surface area contributed by atoms with Gasteiger partial charge in [0.25, 0.3) is 0 Å². The van der Waals surface area contributed by atoms with Gasteiger partial charge in [-0.1, -0.05) is 56.5 Å². The minimum atomic E-state index is 0.112. The first-order valence-corrected chi connectivity index (χ1v) is 6.26. The maximum Gasteiger partial charge on any atom is 0.116 e. The fourth-order valence-electron chi connectivity index (χ4n) is 1.81. The molecule has 1 rings (SSSR count). The van der Waals surface area contributed by atoms with Crippen molar-refractivity contribution in [2.45, 2.75) is 39.0 Å². The highest BCUT2D eigenvalue weighted by Crippen LogP contribution is 2.30. The lowest BCUT2D eigenvalue weighted by Gasteiger charge is -2.20. The Labute approximate surface area is 105 Å². The Bertz CT molecular complexity index is 358. The zero-order valence-electron chi connectivity index (χ0n) is 11.0. The van der Waals surface area contributed by atoms with Crippen LogP contribution in [0.5, 0.6) is 0 Å². The quantitative estimate of drug-likeness (QED) is 0.689. The monoisotopic (exact) mass is 229 g/mol. The smallest absolute Gasteiger partial charge is 0.116 e.